The van der Waals surface area contributed by atoms with Gasteiger partial charge in [-0.15, -0.1) is 6.07 Å². The molecule has 0 spiro atoms. The van der Waals surface area contributed by atoms with Gasteiger partial charge in [-0.25, -0.2) is 10.5 Å². The Morgan fingerprint density at radius 1 is 0.895 bits per heavy atom. The van der Waals surface area contributed by atoms with Gasteiger partial charge in [0, 0.05) is 17.7 Å². The minimum atomic E-state index is -0.258. The van der Waals surface area contributed by atoms with Crippen LogP contribution in [0.25, 0.3) is 11.6 Å². The van der Waals surface area contributed by atoms with Gasteiger partial charge in [-0.3, -0.25) is 0 Å². The average molecular weight is 475 g/mol. The van der Waals surface area contributed by atoms with Crippen molar-refractivity contribution in [3.8, 4) is 30.3 Å². The van der Waals surface area contributed by atoms with Crippen molar-refractivity contribution >= 4 is 11.6 Å². The molecule has 1 aromatic rings. The Labute approximate surface area is 103 Å². The van der Waals surface area contributed by atoms with Gasteiger partial charge in [-0.1, -0.05) is 12.1 Å². The van der Waals surface area contributed by atoms with Gasteiger partial charge in [-0.05, 0) is 10.8 Å². The normalized spacial score (nSPS) is 8.68. The molecule has 0 bridgehead atoms. The number of benzene rings is 1. The molecule has 0 unspecified atom stereocenters. The molecule has 0 aliphatic carbocycles. The van der Waals surface area contributed by atoms with Gasteiger partial charge in [0.05, 0.1) is 6.07 Å². The van der Waals surface area contributed by atoms with Crippen molar-refractivity contribution in [2.45, 2.75) is 0 Å². The molecular weight excluding hydrogens is 473 g/mol. The van der Waals surface area contributed by atoms with Crippen LogP contribution in [0, 0.1) is 56.7 Å². The van der Waals surface area contributed by atoms with E-state index >= 15 is 0 Å². The maximum Gasteiger partial charge on any atom is 0.136 e. The number of hydrogen-bond donors (Lipinski definition) is 0. The molecule has 0 heterocycles. The van der Waals surface area contributed by atoms with Crippen molar-refractivity contribution in [3.63, 3.8) is 0 Å². The zero-order valence-corrected chi connectivity index (χ0v) is 12.2. The molecule has 5 nitrogen and oxygen atoms in total. The summed E-state index contributed by atoms with van der Waals surface area (Å²) in [6, 6.07) is 11.1. The summed E-state index contributed by atoms with van der Waals surface area (Å²) >= 11 is 0. The van der Waals surface area contributed by atoms with Crippen LogP contribution < -0.4 is 10.4 Å². The quantitative estimate of drug-likeness (QED) is 0.482. The smallest absolute Gasteiger partial charge is 0.136 e. The first-order chi connectivity index (χ1) is 8.71. The second-order valence-corrected chi connectivity index (χ2v) is 3.00. The molecule has 0 aliphatic rings. The second kappa shape index (κ2) is 6.09. The first-order valence-corrected chi connectivity index (χ1v) is 4.52. The maximum absolute atomic E-state index is 8.94. The molecule has 1 aromatic carbocycles. The number of rotatable bonds is 0. The molecule has 0 radical (unpaired) electrons. The average Bonchev–Trinajstić information content (AvgIpc) is 2.41. The van der Waals surface area contributed by atoms with Gasteiger partial charge in [-0.2, -0.15) is 21.0 Å². The van der Waals surface area contributed by atoms with Crippen molar-refractivity contribution in [2.24, 2.45) is 0 Å². The minimum absolute atomic E-state index is 0. The van der Waals surface area contributed by atoms with E-state index in [1.54, 1.807) is 18.2 Å². The summed E-state index contributed by atoms with van der Waals surface area (Å²) in [4.78, 5) is 0. The van der Waals surface area contributed by atoms with Crippen LogP contribution in [-0.4, -0.2) is 0 Å². The summed E-state index contributed by atoms with van der Waals surface area (Å²) in [6.45, 7) is 0. The van der Waals surface area contributed by atoms with E-state index in [9.17, 15) is 0 Å². The monoisotopic (exact) mass is 471 g/mol. The number of nitriles is 5. The summed E-state index contributed by atoms with van der Waals surface area (Å²) in [5.41, 5.74) is -0.134. The Bertz CT molecular complexity index is 816. The van der Waals surface area contributed by atoms with Gasteiger partial charge >= 0.3 is 0 Å². The van der Waals surface area contributed by atoms with Crippen molar-refractivity contribution in [1.29, 1.82) is 26.3 Å². The molecule has 0 amide bonds. The molecular formula is C13H2CmN5-. The minimum Gasteiger partial charge on any atom is -0.209 e. The first kappa shape index (κ1) is 14.4. The zero-order valence-electron chi connectivity index (χ0n) is 9.24. The van der Waals surface area contributed by atoms with E-state index in [0.29, 0.717) is 0 Å². The van der Waals surface area contributed by atoms with E-state index in [2.05, 4.69) is 6.08 Å². The largest absolute Gasteiger partial charge is 0.209 e. The van der Waals surface area contributed by atoms with Crippen LogP contribution in [0.1, 0.15) is 11.1 Å². The fraction of sp³-hybridized carbons (Fsp3) is 0. The summed E-state index contributed by atoms with van der Waals surface area (Å²) < 4.78 is 0. The molecule has 0 atom stereocenters. The van der Waals surface area contributed by atoms with Gasteiger partial charge in [0.1, 0.15) is 17.7 Å². The second-order valence-electron chi connectivity index (χ2n) is 3.00. The van der Waals surface area contributed by atoms with E-state index in [4.69, 9.17) is 26.3 Å². The molecule has 0 aliphatic heterocycles. The topological polar surface area (TPSA) is 119 Å². The van der Waals surface area contributed by atoms with Crippen molar-refractivity contribution in [1.82, 2.24) is 0 Å². The van der Waals surface area contributed by atoms with Gasteiger partial charge in [0.25, 0.3) is 0 Å². The summed E-state index contributed by atoms with van der Waals surface area (Å²) in [5.74, 6) is 0. The zero-order chi connectivity index (χ0) is 13.5. The Morgan fingerprint density at radius 2 is 1.47 bits per heavy atom. The van der Waals surface area contributed by atoms with Crippen LogP contribution >= 0.6 is 0 Å². The van der Waals surface area contributed by atoms with E-state index in [-0.39, 0.29) is 27.1 Å². The molecule has 0 saturated heterocycles. The standard InChI is InChI=1S/C13H2N5.Cm/c14-2-1-9-3-11(6-16)13(4-10(9)5-15)12(7-17)8-18;/h3-4H;/q-1;. The van der Waals surface area contributed by atoms with Crippen molar-refractivity contribution in [2.75, 3.05) is 0 Å². The third-order valence-electron chi connectivity index (χ3n) is 2.08. The van der Waals surface area contributed by atoms with Crippen LogP contribution in [0.15, 0.2) is 12.1 Å². The van der Waals surface area contributed by atoms with Crippen LogP contribution in [0.4, 0.5) is 0 Å². The molecule has 88 valence electrons. The summed E-state index contributed by atoms with van der Waals surface area (Å²) in [5, 5.41) is 44.1. The Balaban J connectivity index is 0.00000324. The Morgan fingerprint density at radius 3 is 1.89 bits per heavy atom. The van der Waals surface area contributed by atoms with E-state index in [1.807, 2.05) is 12.1 Å². The molecule has 0 aromatic heterocycles. The predicted octanol–water partition coefficient (Wildman–Crippen LogP) is -0.191. The fourth-order valence-corrected chi connectivity index (χ4v) is 1.30. The molecule has 0 N–H and O–H groups in total. The summed E-state index contributed by atoms with van der Waals surface area (Å²) in [6.07, 6.45) is 2.26. The van der Waals surface area contributed by atoms with E-state index < -0.39 is 0 Å². The fourth-order valence-electron chi connectivity index (χ4n) is 1.30. The van der Waals surface area contributed by atoms with Gasteiger partial charge < -0.3 is 0 Å². The van der Waals surface area contributed by atoms with Gasteiger partial charge in [0.2, 0.25) is 0 Å². The number of hydrogen-bond acceptors (Lipinski definition) is 5. The molecule has 19 heavy (non-hydrogen) atoms. The molecule has 0 fully saturated rings. The maximum atomic E-state index is 8.94. The molecule has 6 heteroatoms. The van der Waals surface area contributed by atoms with Crippen LogP contribution in [0.3, 0.4) is 0 Å². The van der Waals surface area contributed by atoms with E-state index in [0.717, 1.165) is 0 Å². The van der Waals surface area contributed by atoms with Crippen LogP contribution in [0.5, 0.6) is 0 Å². The number of nitrogens with zero attached hydrogens (tertiary/aromatic N) is 5. The predicted molar refractivity (Wildman–Crippen MR) is 58.8 cm³/mol. The first-order valence-electron chi connectivity index (χ1n) is 4.52. The van der Waals surface area contributed by atoms with Crippen LogP contribution in [-0.2, 0) is 0 Å². The summed E-state index contributed by atoms with van der Waals surface area (Å²) in [7, 11) is 0. The van der Waals surface area contributed by atoms with Crippen molar-refractivity contribution < 1.29 is 0 Å². The molecule has 0 saturated carbocycles. The Hall–Kier alpha value is -4.59. The SMILES string of the molecule is N#C[C-]=c1cc(C#N)c(=C(C#N)C#N)cc1C#N.[Cm]. The van der Waals surface area contributed by atoms with Crippen molar-refractivity contribution in [3.05, 3.63) is 33.7 Å². The van der Waals surface area contributed by atoms with E-state index in [1.165, 1.54) is 12.1 Å². The Kier molecular flexibility index (Phi) is 4.62. The van der Waals surface area contributed by atoms with Crippen LogP contribution in [0.2, 0.25) is 0 Å². The third-order valence-corrected chi connectivity index (χ3v) is 2.08. The van der Waals surface area contributed by atoms with Gasteiger partial charge in [0.15, 0.2) is 0 Å². The third kappa shape index (κ3) is 2.50. The molecule has 1 rings (SSSR count).